The van der Waals surface area contributed by atoms with E-state index in [-0.39, 0.29) is 36.1 Å². The van der Waals surface area contributed by atoms with E-state index in [1.807, 2.05) is 18.2 Å². The smallest absolute Gasteiger partial charge is 0.227 e. The molecule has 0 spiro atoms. The zero-order chi connectivity index (χ0) is 16.7. The normalized spacial score (nSPS) is 30.8. The fourth-order valence-corrected chi connectivity index (χ4v) is 4.95. The number of hydrogen-bond donors (Lipinski definition) is 2. The number of fused-ring (bicyclic) bond motifs is 3. The molecule has 0 aromatic heterocycles. The number of aryl methyl sites for hydroxylation is 1. The highest BCUT2D eigenvalue weighted by Crippen LogP contribution is 2.42. The van der Waals surface area contributed by atoms with E-state index in [1.54, 1.807) is 0 Å². The highest BCUT2D eigenvalue weighted by molar-refractivity contribution is 6.00. The standard InChI is InChI=1S/C20H26N2O2.ClH/c21-19-13-4-1-5-14(19)10-15(9-13)20(24)22-16-8-7-12-3-2-6-18(23)17(12)11-16;/h7-8,11,13-15,19H,1-6,9-10,21H2,(H,22,24);1H. The number of carbonyl (C=O) groups is 2. The van der Waals surface area contributed by atoms with Gasteiger partial charge in [-0.15, -0.1) is 12.4 Å². The molecule has 0 radical (unpaired) electrons. The monoisotopic (exact) mass is 362 g/mol. The van der Waals surface area contributed by atoms with E-state index in [1.165, 1.54) is 6.42 Å². The fourth-order valence-electron chi connectivity index (χ4n) is 4.95. The summed E-state index contributed by atoms with van der Waals surface area (Å²) in [5.41, 5.74) is 8.99. The van der Waals surface area contributed by atoms with E-state index in [0.717, 1.165) is 55.3 Å². The zero-order valence-electron chi connectivity index (χ0n) is 14.5. The Labute approximate surface area is 155 Å². The maximum atomic E-state index is 12.7. The van der Waals surface area contributed by atoms with Gasteiger partial charge in [0.05, 0.1) is 0 Å². The van der Waals surface area contributed by atoms with Gasteiger partial charge in [-0.3, -0.25) is 9.59 Å². The molecule has 3 N–H and O–H groups in total. The van der Waals surface area contributed by atoms with Gasteiger partial charge in [-0.2, -0.15) is 0 Å². The summed E-state index contributed by atoms with van der Waals surface area (Å²) in [7, 11) is 0. The first-order chi connectivity index (χ1) is 11.6. The third-order valence-corrected chi connectivity index (χ3v) is 6.31. The molecule has 136 valence electrons. The van der Waals surface area contributed by atoms with Gasteiger partial charge in [0.1, 0.15) is 0 Å². The molecule has 2 fully saturated rings. The van der Waals surface area contributed by atoms with Crippen LogP contribution in [0.25, 0.3) is 0 Å². The summed E-state index contributed by atoms with van der Waals surface area (Å²) in [5.74, 6) is 1.36. The van der Waals surface area contributed by atoms with Crippen molar-refractivity contribution in [2.75, 3.05) is 5.32 Å². The van der Waals surface area contributed by atoms with Crippen LogP contribution in [-0.4, -0.2) is 17.7 Å². The number of carbonyl (C=O) groups excluding carboxylic acids is 2. The Morgan fingerprint density at radius 1 is 1.08 bits per heavy atom. The minimum atomic E-state index is 0. The molecule has 1 aromatic carbocycles. The van der Waals surface area contributed by atoms with Crippen molar-refractivity contribution in [2.24, 2.45) is 23.5 Å². The third-order valence-electron chi connectivity index (χ3n) is 6.31. The molecule has 0 saturated heterocycles. The van der Waals surface area contributed by atoms with Crippen LogP contribution in [0.4, 0.5) is 5.69 Å². The molecule has 2 saturated carbocycles. The lowest BCUT2D eigenvalue weighted by Crippen LogP contribution is -2.48. The van der Waals surface area contributed by atoms with Crippen LogP contribution in [0.1, 0.15) is 60.9 Å². The molecular formula is C20H27ClN2O2. The number of anilines is 1. The topological polar surface area (TPSA) is 72.2 Å². The number of ketones is 1. The second-order valence-corrected chi connectivity index (χ2v) is 7.83. The molecule has 5 heteroatoms. The van der Waals surface area contributed by atoms with Crippen LogP contribution in [0, 0.1) is 17.8 Å². The van der Waals surface area contributed by atoms with Crippen LogP contribution < -0.4 is 11.1 Å². The van der Waals surface area contributed by atoms with E-state index in [2.05, 4.69) is 5.32 Å². The lowest BCUT2D eigenvalue weighted by molar-refractivity contribution is -0.122. The number of halogens is 1. The van der Waals surface area contributed by atoms with Crippen LogP contribution in [0.3, 0.4) is 0 Å². The number of Topliss-reactive ketones (excluding diaryl/α,β-unsaturated/α-hetero) is 1. The molecule has 4 rings (SSSR count). The first-order valence-electron chi connectivity index (χ1n) is 9.34. The van der Waals surface area contributed by atoms with E-state index in [9.17, 15) is 9.59 Å². The molecular weight excluding hydrogens is 336 g/mol. The number of rotatable bonds is 2. The fraction of sp³-hybridized carbons (Fsp3) is 0.600. The van der Waals surface area contributed by atoms with Crippen molar-refractivity contribution in [1.82, 2.24) is 0 Å². The van der Waals surface area contributed by atoms with Gasteiger partial charge in [-0.1, -0.05) is 12.5 Å². The van der Waals surface area contributed by atoms with Crippen LogP contribution in [0.5, 0.6) is 0 Å². The van der Waals surface area contributed by atoms with Crippen molar-refractivity contribution >= 4 is 29.8 Å². The lowest BCUT2D eigenvalue weighted by atomic mass is 9.65. The maximum Gasteiger partial charge on any atom is 0.227 e. The van der Waals surface area contributed by atoms with E-state index < -0.39 is 0 Å². The summed E-state index contributed by atoms with van der Waals surface area (Å²) in [6.07, 6.45) is 7.91. The second kappa shape index (κ2) is 7.46. The summed E-state index contributed by atoms with van der Waals surface area (Å²) in [5, 5.41) is 3.05. The number of nitrogens with one attached hydrogen (secondary N) is 1. The van der Waals surface area contributed by atoms with Crippen LogP contribution >= 0.6 is 12.4 Å². The molecule has 1 aromatic rings. The summed E-state index contributed by atoms with van der Waals surface area (Å²) in [6, 6.07) is 6.08. The quantitative estimate of drug-likeness (QED) is 0.842. The average Bonchev–Trinajstić information content (AvgIpc) is 2.55. The summed E-state index contributed by atoms with van der Waals surface area (Å²) in [4.78, 5) is 24.8. The van der Waals surface area contributed by atoms with Gasteiger partial charge >= 0.3 is 0 Å². The first-order valence-corrected chi connectivity index (χ1v) is 9.34. The third kappa shape index (κ3) is 3.61. The molecule has 2 unspecified atom stereocenters. The van der Waals surface area contributed by atoms with Crippen LogP contribution in [0.2, 0.25) is 0 Å². The van der Waals surface area contributed by atoms with Gasteiger partial charge in [-0.25, -0.2) is 0 Å². The Morgan fingerprint density at radius 3 is 2.52 bits per heavy atom. The molecule has 4 nitrogen and oxygen atoms in total. The first kappa shape index (κ1) is 18.4. The summed E-state index contributed by atoms with van der Waals surface area (Å²) >= 11 is 0. The van der Waals surface area contributed by atoms with Crippen molar-refractivity contribution in [1.29, 1.82) is 0 Å². The largest absolute Gasteiger partial charge is 0.327 e. The number of hydrogen-bond acceptors (Lipinski definition) is 3. The second-order valence-electron chi connectivity index (χ2n) is 7.83. The van der Waals surface area contributed by atoms with Gasteiger partial charge in [0.15, 0.2) is 5.78 Å². The number of amides is 1. The number of benzene rings is 1. The average molecular weight is 363 g/mol. The van der Waals surface area contributed by atoms with Gasteiger partial charge in [0.2, 0.25) is 5.91 Å². The molecule has 1 amide bonds. The van der Waals surface area contributed by atoms with Crippen molar-refractivity contribution in [2.45, 2.75) is 57.4 Å². The Balaban J connectivity index is 0.00000182. The highest BCUT2D eigenvalue weighted by atomic mass is 35.5. The highest BCUT2D eigenvalue weighted by Gasteiger charge is 2.40. The van der Waals surface area contributed by atoms with Gasteiger partial charge < -0.3 is 11.1 Å². The van der Waals surface area contributed by atoms with Gasteiger partial charge in [-0.05, 0) is 68.1 Å². The molecule has 3 aliphatic rings. The summed E-state index contributed by atoms with van der Waals surface area (Å²) in [6.45, 7) is 0. The van der Waals surface area contributed by atoms with E-state index in [4.69, 9.17) is 5.73 Å². The molecule has 2 atom stereocenters. The molecule has 0 aliphatic heterocycles. The molecule has 3 aliphatic carbocycles. The van der Waals surface area contributed by atoms with Gasteiger partial charge in [0.25, 0.3) is 0 Å². The van der Waals surface area contributed by atoms with Crippen molar-refractivity contribution in [3.05, 3.63) is 29.3 Å². The van der Waals surface area contributed by atoms with Crippen LogP contribution in [0.15, 0.2) is 18.2 Å². The summed E-state index contributed by atoms with van der Waals surface area (Å²) < 4.78 is 0. The van der Waals surface area contributed by atoms with Crippen molar-refractivity contribution in [3.8, 4) is 0 Å². The molecule has 0 heterocycles. The van der Waals surface area contributed by atoms with Crippen LogP contribution in [-0.2, 0) is 11.2 Å². The van der Waals surface area contributed by atoms with Crippen molar-refractivity contribution < 1.29 is 9.59 Å². The molecule has 25 heavy (non-hydrogen) atoms. The van der Waals surface area contributed by atoms with Crippen molar-refractivity contribution in [3.63, 3.8) is 0 Å². The zero-order valence-corrected chi connectivity index (χ0v) is 15.3. The Bertz CT molecular complexity index is 662. The minimum absolute atomic E-state index is 0. The Morgan fingerprint density at radius 2 is 1.80 bits per heavy atom. The SMILES string of the molecule is Cl.NC1C2CCCC1CC(C(=O)Nc1ccc3c(c1)C(=O)CCC3)C2. The Kier molecular flexibility index (Phi) is 5.49. The minimum Gasteiger partial charge on any atom is -0.327 e. The van der Waals surface area contributed by atoms with E-state index >= 15 is 0 Å². The lowest BCUT2D eigenvalue weighted by Gasteiger charge is -2.43. The number of nitrogens with two attached hydrogens (primary N) is 1. The maximum absolute atomic E-state index is 12.7. The molecule has 2 bridgehead atoms. The van der Waals surface area contributed by atoms with E-state index in [0.29, 0.717) is 18.3 Å². The van der Waals surface area contributed by atoms with Gasteiger partial charge in [0, 0.05) is 29.6 Å². The predicted molar refractivity (Wildman–Crippen MR) is 101 cm³/mol. The Hall–Kier alpha value is -1.39. The predicted octanol–water partition coefficient (Wildman–Crippen LogP) is 3.72.